The summed E-state index contributed by atoms with van der Waals surface area (Å²) in [5, 5.41) is 7.33. The summed E-state index contributed by atoms with van der Waals surface area (Å²) in [6.45, 7) is 8.73. The van der Waals surface area contributed by atoms with E-state index in [2.05, 4.69) is 24.5 Å². The molecule has 2 fully saturated rings. The van der Waals surface area contributed by atoms with Gasteiger partial charge in [0.15, 0.2) is 0 Å². The molecule has 0 aromatic carbocycles. The third kappa shape index (κ3) is 3.19. The summed E-state index contributed by atoms with van der Waals surface area (Å²) >= 11 is 0. The van der Waals surface area contributed by atoms with Crippen molar-refractivity contribution >= 4 is 0 Å². The van der Waals surface area contributed by atoms with Crippen LogP contribution in [0.25, 0.3) is 0 Å². The molecule has 94 valence electrons. The van der Waals surface area contributed by atoms with Crippen molar-refractivity contribution in [2.45, 2.75) is 51.1 Å². The molecule has 2 aliphatic heterocycles. The molecule has 3 atom stereocenters. The molecule has 0 saturated carbocycles. The van der Waals surface area contributed by atoms with Gasteiger partial charge in [-0.1, -0.05) is 6.92 Å². The van der Waals surface area contributed by atoms with Gasteiger partial charge in [-0.05, 0) is 45.1 Å². The fourth-order valence-corrected chi connectivity index (χ4v) is 2.82. The van der Waals surface area contributed by atoms with Gasteiger partial charge in [0.2, 0.25) is 0 Å². The molecule has 0 spiro atoms. The van der Waals surface area contributed by atoms with Gasteiger partial charge in [-0.15, -0.1) is 0 Å². The third-order valence-corrected chi connectivity index (χ3v) is 4.12. The van der Waals surface area contributed by atoms with E-state index >= 15 is 0 Å². The summed E-state index contributed by atoms with van der Waals surface area (Å²) < 4.78 is 5.57. The van der Waals surface area contributed by atoms with Gasteiger partial charge < -0.3 is 15.4 Å². The van der Waals surface area contributed by atoms with Crippen molar-refractivity contribution in [3.05, 3.63) is 0 Å². The zero-order valence-electron chi connectivity index (χ0n) is 10.7. The predicted molar refractivity (Wildman–Crippen MR) is 66.6 cm³/mol. The van der Waals surface area contributed by atoms with E-state index in [-0.39, 0.29) is 5.54 Å². The SMILES string of the molecule is CC1CCCNC1CNC1(C)CCCOC1. The molecule has 16 heavy (non-hydrogen) atoms. The molecule has 3 heteroatoms. The van der Waals surface area contributed by atoms with Gasteiger partial charge >= 0.3 is 0 Å². The first-order chi connectivity index (χ1) is 7.70. The van der Waals surface area contributed by atoms with Crippen LogP contribution in [0.3, 0.4) is 0 Å². The maximum absolute atomic E-state index is 5.57. The molecule has 0 amide bonds. The Balaban J connectivity index is 1.76. The number of hydrogen-bond acceptors (Lipinski definition) is 3. The Morgan fingerprint density at radius 2 is 2.31 bits per heavy atom. The van der Waals surface area contributed by atoms with Crippen molar-refractivity contribution in [1.29, 1.82) is 0 Å². The smallest absolute Gasteiger partial charge is 0.0645 e. The minimum absolute atomic E-state index is 0.205. The Labute approximate surface area is 99.3 Å². The van der Waals surface area contributed by atoms with Crippen LogP contribution in [-0.4, -0.2) is 37.9 Å². The maximum atomic E-state index is 5.57. The monoisotopic (exact) mass is 226 g/mol. The van der Waals surface area contributed by atoms with Crippen molar-refractivity contribution in [2.24, 2.45) is 5.92 Å². The van der Waals surface area contributed by atoms with E-state index in [1.807, 2.05) is 0 Å². The Morgan fingerprint density at radius 1 is 1.44 bits per heavy atom. The highest BCUT2D eigenvalue weighted by atomic mass is 16.5. The molecular weight excluding hydrogens is 200 g/mol. The maximum Gasteiger partial charge on any atom is 0.0645 e. The fraction of sp³-hybridized carbons (Fsp3) is 1.00. The van der Waals surface area contributed by atoms with Crippen LogP contribution in [0.2, 0.25) is 0 Å². The standard InChI is InChI=1S/C13H26N2O/c1-11-5-3-7-14-12(11)9-15-13(2)6-4-8-16-10-13/h11-12,14-15H,3-10H2,1-2H3. The molecular formula is C13H26N2O. The van der Waals surface area contributed by atoms with Crippen LogP contribution in [-0.2, 0) is 4.74 Å². The molecule has 0 bridgehead atoms. The molecule has 0 aromatic rings. The highest BCUT2D eigenvalue weighted by Gasteiger charge is 2.29. The number of hydrogen-bond donors (Lipinski definition) is 2. The Bertz CT molecular complexity index is 214. The van der Waals surface area contributed by atoms with E-state index < -0.39 is 0 Å². The van der Waals surface area contributed by atoms with Crippen molar-refractivity contribution in [3.63, 3.8) is 0 Å². The molecule has 0 aliphatic carbocycles. The normalized spacial score (nSPS) is 40.9. The third-order valence-electron chi connectivity index (χ3n) is 4.12. The summed E-state index contributed by atoms with van der Waals surface area (Å²) in [5.41, 5.74) is 0.205. The van der Waals surface area contributed by atoms with Crippen LogP contribution in [0, 0.1) is 5.92 Å². The van der Waals surface area contributed by atoms with Crippen molar-refractivity contribution in [2.75, 3.05) is 26.3 Å². The van der Waals surface area contributed by atoms with Gasteiger partial charge in [0, 0.05) is 24.7 Å². The van der Waals surface area contributed by atoms with Crippen LogP contribution in [0.4, 0.5) is 0 Å². The molecule has 2 saturated heterocycles. The molecule has 2 aliphatic rings. The Hall–Kier alpha value is -0.120. The van der Waals surface area contributed by atoms with E-state index in [9.17, 15) is 0 Å². The Kier molecular flexibility index (Phi) is 4.22. The lowest BCUT2D eigenvalue weighted by atomic mass is 9.90. The zero-order chi connectivity index (χ0) is 11.4. The summed E-state index contributed by atoms with van der Waals surface area (Å²) in [6.07, 6.45) is 5.13. The van der Waals surface area contributed by atoms with Crippen LogP contribution < -0.4 is 10.6 Å². The van der Waals surface area contributed by atoms with E-state index in [4.69, 9.17) is 4.74 Å². The van der Waals surface area contributed by atoms with E-state index in [0.29, 0.717) is 6.04 Å². The lowest BCUT2D eigenvalue weighted by molar-refractivity contribution is 0.0263. The first-order valence-electron chi connectivity index (χ1n) is 6.76. The van der Waals surface area contributed by atoms with Gasteiger partial charge in [-0.25, -0.2) is 0 Å². The average Bonchev–Trinajstić information content (AvgIpc) is 2.29. The van der Waals surface area contributed by atoms with Gasteiger partial charge in [0.1, 0.15) is 0 Å². The summed E-state index contributed by atoms with van der Waals surface area (Å²) in [6, 6.07) is 0.646. The van der Waals surface area contributed by atoms with Crippen molar-refractivity contribution in [3.8, 4) is 0 Å². The molecule has 2 N–H and O–H groups in total. The van der Waals surface area contributed by atoms with Gasteiger partial charge in [-0.2, -0.15) is 0 Å². The zero-order valence-corrected chi connectivity index (χ0v) is 10.7. The van der Waals surface area contributed by atoms with Gasteiger partial charge in [0.25, 0.3) is 0 Å². The van der Waals surface area contributed by atoms with Crippen LogP contribution in [0.15, 0.2) is 0 Å². The fourth-order valence-electron chi connectivity index (χ4n) is 2.82. The number of rotatable bonds is 3. The molecule has 0 aromatic heterocycles. The molecule has 2 heterocycles. The molecule has 3 unspecified atom stereocenters. The van der Waals surface area contributed by atoms with Crippen molar-refractivity contribution < 1.29 is 4.74 Å². The van der Waals surface area contributed by atoms with Gasteiger partial charge in [0.05, 0.1) is 6.61 Å². The minimum Gasteiger partial charge on any atom is -0.380 e. The highest BCUT2D eigenvalue weighted by molar-refractivity contribution is 4.89. The van der Waals surface area contributed by atoms with Gasteiger partial charge in [-0.3, -0.25) is 0 Å². The average molecular weight is 226 g/mol. The van der Waals surface area contributed by atoms with E-state index in [1.54, 1.807) is 0 Å². The number of piperidine rings is 1. The lowest BCUT2D eigenvalue weighted by Gasteiger charge is -2.38. The van der Waals surface area contributed by atoms with Crippen LogP contribution >= 0.6 is 0 Å². The largest absolute Gasteiger partial charge is 0.380 e. The summed E-state index contributed by atoms with van der Waals surface area (Å²) in [5.74, 6) is 0.800. The second kappa shape index (κ2) is 5.48. The molecule has 0 radical (unpaired) electrons. The minimum atomic E-state index is 0.205. The first kappa shape index (κ1) is 12.3. The van der Waals surface area contributed by atoms with Crippen LogP contribution in [0.5, 0.6) is 0 Å². The number of nitrogens with one attached hydrogen (secondary N) is 2. The second-order valence-corrected chi connectivity index (χ2v) is 5.78. The van der Waals surface area contributed by atoms with Crippen LogP contribution in [0.1, 0.15) is 39.5 Å². The quantitative estimate of drug-likeness (QED) is 0.766. The highest BCUT2D eigenvalue weighted by Crippen LogP contribution is 2.20. The number of ether oxygens (including phenoxy) is 1. The molecule has 2 rings (SSSR count). The Morgan fingerprint density at radius 3 is 3.00 bits per heavy atom. The topological polar surface area (TPSA) is 33.3 Å². The second-order valence-electron chi connectivity index (χ2n) is 5.78. The first-order valence-corrected chi connectivity index (χ1v) is 6.76. The summed E-state index contributed by atoms with van der Waals surface area (Å²) in [4.78, 5) is 0. The summed E-state index contributed by atoms with van der Waals surface area (Å²) in [7, 11) is 0. The molecule has 3 nitrogen and oxygen atoms in total. The van der Waals surface area contributed by atoms with Crippen molar-refractivity contribution in [1.82, 2.24) is 10.6 Å². The predicted octanol–water partition coefficient (Wildman–Crippen LogP) is 1.53. The lowest BCUT2D eigenvalue weighted by Crippen LogP contribution is -2.55. The van der Waals surface area contributed by atoms with E-state index in [1.165, 1.54) is 32.2 Å². The van der Waals surface area contributed by atoms with E-state index in [0.717, 1.165) is 25.7 Å².